The number of aliphatic hydroxyl groups excluding tert-OH is 1. The Morgan fingerprint density at radius 3 is 2.08 bits per heavy atom. The Morgan fingerprint density at radius 1 is 1.31 bits per heavy atom. The third-order valence-electron chi connectivity index (χ3n) is 1.41. The van der Waals surface area contributed by atoms with Gasteiger partial charge in [0.1, 0.15) is 0 Å². The number of hydrogen-bond donors (Lipinski definition) is 1. The Kier molecular flexibility index (Phi) is 2.51. The maximum Gasteiger partial charge on any atom is 0.451 e. The molecule has 0 unspecified atom stereocenters. The number of halogens is 3. The SMILES string of the molecule is C[C@@H](O)c1cnc(C(F)(F)F)nc1. The number of nitrogens with zero attached hydrogens (tertiary/aromatic N) is 2. The van der Waals surface area contributed by atoms with E-state index in [4.69, 9.17) is 5.11 Å². The van der Waals surface area contributed by atoms with Crippen LogP contribution in [-0.4, -0.2) is 15.1 Å². The van der Waals surface area contributed by atoms with Crippen molar-refractivity contribution >= 4 is 0 Å². The molecule has 6 heteroatoms. The van der Waals surface area contributed by atoms with Crippen molar-refractivity contribution in [2.75, 3.05) is 0 Å². The van der Waals surface area contributed by atoms with Gasteiger partial charge in [-0.05, 0) is 6.92 Å². The van der Waals surface area contributed by atoms with Crippen molar-refractivity contribution in [3.63, 3.8) is 0 Å². The lowest BCUT2D eigenvalue weighted by Crippen LogP contribution is -2.11. The van der Waals surface area contributed by atoms with Gasteiger partial charge in [0.2, 0.25) is 5.82 Å². The molecule has 1 aromatic heterocycles. The summed E-state index contributed by atoms with van der Waals surface area (Å²) in [5.74, 6) is -1.20. The van der Waals surface area contributed by atoms with E-state index in [-0.39, 0.29) is 5.56 Å². The molecule has 1 rings (SSSR count). The van der Waals surface area contributed by atoms with Gasteiger partial charge in [0.05, 0.1) is 6.10 Å². The highest BCUT2D eigenvalue weighted by atomic mass is 19.4. The first-order chi connectivity index (χ1) is 5.91. The molecular formula is C7H7F3N2O. The highest BCUT2D eigenvalue weighted by molar-refractivity contribution is 5.08. The molecule has 0 aromatic carbocycles. The van der Waals surface area contributed by atoms with Gasteiger partial charge in [0.15, 0.2) is 0 Å². The monoisotopic (exact) mass is 192 g/mol. The molecule has 0 radical (unpaired) electrons. The lowest BCUT2D eigenvalue weighted by atomic mass is 10.2. The van der Waals surface area contributed by atoms with Gasteiger partial charge in [-0.15, -0.1) is 0 Å². The molecule has 1 heterocycles. The number of aliphatic hydroxyl groups is 1. The number of alkyl halides is 3. The van der Waals surface area contributed by atoms with Crippen molar-refractivity contribution in [1.29, 1.82) is 0 Å². The maximum atomic E-state index is 11.9. The molecule has 0 fully saturated rings. The van der Waals surface area contributed by atoms with Crippen molar-refractivity contribution in [2.45, 2.75) is 19.2 Å². The average Bonchev–Trinajstić information content (AvgIpc) is 2.03. The predicted molar refractivity (Wildman–Crippen MR) is 37.7 cm³/mol. The Labute approximate surface area is 72.3 Å². The maximum absolute atomic E-state index is 11.9. The van der Waals surface area contributed by atoms with E-state index in [9.17, 15) is 13.2 Å². The zero-order valence-corrected chi connectivity index (χ0v) is 6.71. The van der Waals surface area contributed by atoms with E-state index >= 15 is 0 Å². The van der Waals surface area contributed by atoms with E-state index in [1.165, 1.54) is 6.92 Å². The lowest BCUT2D eigenvalue weighted by Gasteiger charge is -2.06. The van der Waals surface area contributed by atoms with Gasteiger partial charge in [-0.2, -0.15) is 13.2 Å². The Morgan fingerprint density at radius 2 is 1.77 bits per heavy atom. The summed E-state index contributed by atoms with van der Waals surface area (Å²) in [4.78, 5) is 6.15. The van der Waals surface area contributed by atoms with Crippen molar-refractivity contribution in [3.05, 3.63) is 23.8 Å². The summed E-state index contributed by atoms with van der Waals surface area (Å²) in [7, 11) is 0. The fourth-order valence-corrected chi connectivity index (χ4v) is 0.700. The van der Waals surface area contributed by atoms with Gasteiger partial charge >= 0.3 is 6.18 Å². The van der Waals surface area contributed by atoms with Crippen LogP contribution in [0.25, 0.3) is 0 Å². The Balaban J connectivity index is 2.94. The molecule has 1 aromatic rings. The first kappa shape index (κ1) is 9.91. The van der Waals surface area contributed by atoms with Gasteiger partial charge in [0, 0.05) is 18.0 Å². The second-order valence-electron chi connectivity index (χ2n) is 2.51. The zero-order valence-electron chi connectivity index (χ0n) is 6.71. The molecule has 72 valence electrons. The van der Waals surface area contributed by atoms with Crippen molar-refractivity contribution in [2.24, 2.45) is 0 Å². The first-order valence-corrected chi connectivity index (χ1v) is 3.48. The standard InChI is InChI=1S/C7H7F3N2O/c1-4(13)5-2-11-6(12-3-5)7(8,9)10/h2-4,13H,1H3/t4-/m1/s1. The molecule has 0 saturated carbocycles. The molecule has 0 aliphatic rings. The van der Waals surface area contributed by atoms with Crippen LogP contribution in [0.5, 0.6) is 0 Å². The average molecular weight is 192 g/mol. The topological polar surface area (TPSA) is 46.0 Å². The lowest BCUT2D eigenvalue weighted by molar-refractivity contribution is -0.145. The normalized spacial score (nSPS) is 14.2. The van der Waals surface area contributed by atoms with Crippen molar-refractivity contribution in [3.8, 4) is 0 Å². The second kappa shape index (κ2) is 3.29. The van der Waals surface area contributed by atoms with Gasteiger partial charge < -0.3 is 5.11 Å². The molecule has 0 spiro atoms. The van der Waals surface area contributed by atoms with Crippen LogP contribution in [0.4, 0.5) is 13.2 Å². The highest BCUT2D eigenvalue weighted by Gasteiger charge is 2.34. The summed E-state index contributed by atoms with van der Waals surface area (Å²) in [6.07, 6.45) is -3.47. The summed E-state index contributed by atoms with van der Waals surface area (Å²) >= 11 is 0. The molecule has 3 nitrogen and oxygen atoms in total. The van der Waals surface area contributed by atoms with Crippen LogP contribution in [0.2, 0.25) is 0 Å². The fourth-order valence-electron chi connectivity index (χ4n) is 0.700. The van der Waals surface area contributed by atoms with E-state index in [0.29, 0.717) is 0 Å². The van der Waals surface area contributed by atoms with Crippen LogP contribution in [-0.2, 0) is 6.18 Å². The van der Waals surface area contributed by atoms with E-state index in [1.807, 2.05) is 0 Å². The van der Waals surface area contributed by atoms with Crippen molar-refractivity contribution in [1.82, 2.24) is 9.97 Å². The minimum Gasteiger partial charge on any atom is -0.389 e. The van der Waals surface area contributed by atoms with E-state index in [0.717, 1.165) is 12.4 Å². The Bertz CT molecular complexity index is 281. The van der Waals surface area contributed by atoms with Gasteiger partial charge in [-0.3, -0.25) is 0 Å². The molecule has 0 saturated heterocycles. The smallest absolute Gasteiger partial charge is 0.389 e. The van der Waals surface area contributed by atoms with Crippen molar-refractivity contribution < 1.29 is 18.3 Å². The molecule has 0 bridgehead atoms. The molecule has 13 heavy (non-hydrogen) atoms. The zero-order chi connectivity index (χ0) is 10.1. The summed E-state index contributed by atoms with van der Waals surface area (Å²) < 4.78 is 35.8. The van der Waals surface area contributed by atoms with E-state index < -0.39 is 18.1 Å². The molecule has 0 amide bonds. The second-order valence-corrected chi connectivity index (χ2v) is 2.51. The van der Waals surface area contributed by atoms with Crippen LogP contribution in [0, 0.1) is 0 Å². The quantitative estimate of drug-likeness (QED) is 0.734. The predicted octanol–water partition coefficient (Wildman–Crippen LogP) is 1.55. The third-order valence-corrected chi connectivity index (χ3v) is 1.41. The van der Waals surface area contributed by atoms with Crippen LogP contribution in [0.3, 0.4) is 0 Å². The summed E-state index contributed by atoms with van der Waals surface area (Å²) in [5.41, 5.74) is 0.257. The largest absolute Gasteiger partial charge is 0.451 e. The highest BCUT2D eigenvalue weighted by Crippen LogP contribution is 2.25. The number of hydrogen-bond acceptors (Lipinski definition) is 3. The van der Waals surface area contributed by atoms with Crippen LogP contribution < -0.4 is 0 Å². The van der Waals surface area contributed by atoms with Crippen LogP contribution >= 0.6 is 0 Å². The molecular weight excluding hydrogens is 185 g/mol. The molecule has 1 atom stereocenters. The van der Waals surface area contributed by atoms with Crippen LogP contribution in [0.15, 0.2) is 12.4 Å². The van der Waals surface area contributed by atoms with Gasteiger partial charge in [-0.25, -0.2) is 9.97 Å². The summed E-state index contributed by atoms with van der Waals surface area (Å²) in [6.45, 7) is 1.42. The summed E-state index contributed by atoms with van der Waals surface area (Å²) in [5, 5.41) is 8.96. The van der Waals surface area contributed by atoms with Gasteiger partial charge in [-0.1, -0.05) is 0 Å². The third kappa shape index (κ3) is 2.38. The Hall–Kier alpha value is -1.17. The number of rotatable bonds is 1. The van der Waals surface area contributed by atoms with Crippen LogP contribution in [0.1, 0.15) is 24.4 Å². The molecule has 1 N–H and O–H groups in total. The fraction of sp³-hybridized carbons (Fsp3) is 0.429. The van der Waals surface area contributed by atoms with E-state index in [1.54, 1.807) is 0 Å². The van der Waals surface area contributed by atoms with E-state index in [2.05, 4.69) is 9.97 Å². The summed E-state index contributed by atoms with van der Waals surface area (Å²) in [6, 6.07) is 0. The number of aromatic nitrogens is 2. The molecule has 0 aliphatic carbocycles. The minimum absolute atomic E-state index is 0.257. The molecule has 0 aliphatic heterocycles. The van der Waals surface area contributed by atoms with Gasteiger partial charge in [0.25, 0.3) is 0 Å². The minimum atomic E-state index is -4.53. The first-order valence-electron chi connectivity index (χ1n) is 3.48.